The Morgan fingerprint density at radius 3 is 2.46 bits per heavy atom. The standard InChI is InChI=1S/C21H24N2O/c1-3-8-18(9-4-1)17-23-14-7-12-21(13-15-23)16-20(22-24-21)19-10-5-2-6-11-19/h1-6,8-11,16,22H,7,12-15,17H2. The van der Waals surface area contributed by atoms with E-state index in [-0.39, 0.29) is 5.60 Å². The first-order chi connectivity index (χ1) is 11.8. The van der Waals surface area contributed by atoms with Gasteiger partial charge < -0.3 is 0 Å². The maximum atomic E-state index is 6.06. The van der Waals surface area contributed by atoms with Crippen LogP contribution in [0, 0.1) is 0 Å². The summed E-state index contributed by atoms with van der Waals surface area (Å²) in [6.07, 6.45) is 5.56. The zero-order valence-corrected chi connectivity index (χ0v) is 13.9. The Morgan fingerprint density at radius 1 is 0.917 bits per heavy atom. The van der Waals surface area contributed by atoms with Crippen LogP contribution < -0.4 is 5.48 Å². The van der Waals surface area contributed by atoms with Gasteiger partial charge in [0, 0.05) is 13.1 Å². The van der Waals surface area contributed by atoms with Gasteiger partial charge in [0.1, 0.15) is 5.60 Å². The Kier molecular flexibility index (Phi) is 4.37. The molecule has 0 bridgehead atoms. The third-order valence-corrected chi connectivity index (χ3v) is 5.03. The van der Waals surface area contributed by atoms with Gasteiger partial charge in [-0.1, -0.05) is 60.7 Å². The second-order valence-electron chi connectivity index (χ2n) is 6.81. The molecular weight excluding hydrogens is 296 g/mol. The molecule has 1 unspecified atom stereocenters. The SMILES string of the molecule is C1=C(c2ccccc2)NOC12CCCN(Cc1ccccc1)CC2. The fourth-order valence-electron chi connectivity index (χ4n) is 3.67. The van der Waals surface area contributed by atoms with Gasteiger partial charge in [0.2, 0.25) is 0 Å². The van der Waals surface area contributed by atoms with E-state index in [1.165, 1.54) is 11.1 Å². The quantitative estimate of drug-likeness (QED) is 0.925. The molecule has 124 valence electrons. The number of hydrogen-bond acceptors (Lipinski definition) is 3. The zero-order chi connectivity index (χ0) is 16.2. The number of hydrogen-bond donors (Lipinski definition) is 1. The van der Waals surface area contributed by atoms with Crippen LogP contribution in [0.4, 0.5) is 0 Å². The molecule has 2 aromatic carbocycles. The minimum Gasteiger partial charge on any atom is -0.299 e. The Morgan fingerprint density at radius 2 is 1.67 bits per heavy atom. The van der Waals surface area contributed by atoms with Crippen molar-refractivity contribution < 1.29 is 4.84 Å². The monoisotopic (exact) mass is 320 g/mol. The predicted molar refractivity (Wildman–Crippen MR) is 96.9 cm³/mol. The number of rotatable bonds is 3. The Balaban J connectivity index is 1.44. The molecular formula is C21H24N2O. The van der Waals surface area contributed by atoms with Crippen LogP contribution in [-0.4, -0.2) is 23.6 Å². The molecule has 1 N–H and O–H groups in total. The van der Waals surface area contributed by atoms with Gasteiger partial charge in [0.05, 0.1) is 5.70 Å². The number of nitrogens with zero attached hydrogens (tertiary/aromatic N) is 1. The number of nitrogens with one attached hydrogen (secondary N) is 1. The molecule has 1 saturated heterocycles. The molecule has 0 aromatic heterocycles. The third-order valence-electron chi connectivity index (χ3n) is 5.03. The number of likely N-dealkylation sites (tertiary alicyclic amines) is 1. The van der Waals surface area contributed by atoms with Crippen molar-refractivity contribution in [2.45, 2.75) is 31.4 Å². The third kappa shape index (κ3) is 3.37. The molecule has 1 atom stereocenters. The maximum Gasteiger partial charge on any atom is 0.118 e. The van der Waals surface area contributed by atoms with E-state index in [0.29, 0.717) is 0 Å². The highest BCUT2D eigenvalue weighted by Gasteiger charge is 2.37. The van der Waals surface area contributed by atoms with Gasteiger partial charge in [-0.2, -0.15) is 0 Å². The highest BCUT2D eigenvalue weighted by Crippen LogP contribution is 2.34. The molecule has 3 nitrogen and oxygen atoms in total. The van der Waals surface area contributed by atoms with Crippen molar-refractivity contribution in [1.82, 2.24) is 10.4 Å². The van der Waals surface area contributed by atoms with Gasteiger partial charge in [0.15, 0.2) is 0 Å². The van der Waals surface area contributed by atoms with E-state index < -0.39 is 0 Å². The van der Waals surface area contributed by atoms with Crippen molar-refractivity contribution >= 4 is 5.70 Å². The van der Waals surface area contributed by atoms with E-state index in [1.807, 2.05) is 6.07 Å². The predicted octanol–water partition coefficient (Wildman–Crippen LogP) is 3.99. The van der Waals surface area contributed by atoms with E-state index in [0.717, 1.165) is 44.6 Å². The molecule has 0 amide bonds. The van der Waals surface area contributed by atoms with Crippen molar-refractivity contribution in [2.24, 2.45) is 0 Å². The first-order valence-electron chi connectivity index (χ1n) is 8.82. The van der Waals surface area contributed by atoms with Gasteiger partial charge in [-0.05, 0) is 43.0 Å². The van der Waals surface area contributed by atoms with Gasteiger partial charge >= 0.3 is 0 Å². The average molecular weight is 320 g/mol. The fourth-order valence-corrected chi connectivity index (χ4v) is 3.67. The summed E-state index contributed by atoms with van der Waals surface area (Å²) in [4.78, 5) is 8.60. The van der Waals surface area contributed by atoms with Crippen molar-refractivity contribution in [3.63, 3.8) is 0 Å². The van der Waals surface area contributed by atoms with Gasteiger partial charge in [-0.25, -0.2) is 0 Å². The molecule has 2 heterocycles. The summed E-state index contributed by atoms with van der Waals surface area (Å²) >= 11 is 0. The highest BCUT2D eigenvalue weighted by molar-refractivity contribution is 5.65. The molecule has 2 aliphatic rings. The van der Waals surface area contributed by atoms with Crippen LogP contribution in [0.15, 0.2) is 66.7 Å². The topological polar surface area (TPSA) is 24.5 Å². The smallest absolute Gasteiger partial charge is 0.118 e. The van der Waals surface area contributed by atoms with E-state index in [4.69, 9.17) is 4.84 Å². The van der Waals surface area contributed by atoms with Crippen LogP contribution in [0.2, 0.25) is 0 Å². The van der Waals surface area contributed by atoms with Gasteiger partial charge in [0.25, 0.3) is 0 Å². The zero-order valence-electron chi connectivity index (χ0n) is 13.9. The van der Waals surface area contributed by atoms with Crippen molar-refractivity contribution in [3.8, 4) is 0 Å². The highest BCUT2D eigenvalue weighted by atomic mass is 16.7. The number of benzene rings is 2. The number of hydroxylamine groups is 1. The summed E-state index contributed by atoms with van der Waals surface area (Å²) in [5.41, 5.74) is 6.70. The molecule has 1 fully saturated rings. The van der Waals surface area contributed by atoms with Crippen molar-refractivity contribution in [1.29, 1.82) is 0 Å². The molecule has 4 rings (SSSR count). The van der Waals surface area contributed by atoms with Crippen LogP contribution in [0.3, 0.4) is 0 Å². The second-order valence-corrected chi connectivity index (χ2v) is 6.81. The van der Waals surface area contributed by atoms with Crippen molar-refractivity contribution in [2.75, 3.05) is 13.1 Å². The molecule has 0 aliphatic carbocycles. The first kappa shape index (κ1) is 15.4. The molecule has 0 saturated carbocycles. The second kappa shape index (κ2) is 6.80. The maximum absolute atomic E-state index is 6.06. The largest absolute Gasteiger partial charge is 0.299 e. The fraction of sp³-hybridized carbons (Fsp3) is 0.333. The minimum atomic E-state index is -0.156. The summed E-state index contributed by atoms with van der Waals surface area (Å²) in [6.45, 7) is 3.23. The lowest BCUT2D eigenvalue weighted by Crippen LogP contribution is -2.31. The lowest BCUT2D eigenvalue weighted by Gasteiger charge is -2.24. The minimum absolute atomic E-state index is 0.156. The van der Waals surface area contributed by atoms with Gasteiger partial charge in [-0.3, -0.25) is 15.2 Å². The van der Waals surface area contributed by atoms with E-state index in [9.17, 15) is 0 Å². The van der Waals surface area contributed by atoms with Crippen LogP contribution in [-0.2, 0) is 11.4 Å². The molecule has 2 aliphatic heterocycles. The summed E-state index contributed by atoms with van der Waals surface area (Å²) in [5.74, 6) is 0. The van der Waals surface area contributed by atoms with E-state index in [1.54, 1.807) is 0 Å². The van der Waals surface area contributed by atoms with E-state index >= 15 is 0 Å². The molecule has 24 heavy (non-hydrogen) atoms. The summed E-state index contributed by atoms with van der Waals surface area (Å²) in [5, 5.41) is 0. The summed E-state index contributed by atoms with van der Waals surface area (Å²) in [7, 11) is 0. The van der Waals surface area contributed by atoms with Crippen LogP contribution in [0.25, 0.3) is 5.70 Å². The first-order valence-corrected chi connectivity index (χ1v) is 8.82. The van der Waals surface area contributed by atoms with Crippen LogP contribution >= 0.6 is 0 Å². The summed E-state index contributed by atoms with van der Waals surface area (Å²) < 4.78 is 0. The molecule has 2 aromatic rings. The normalized spacial score (nSPS) is 24.4. The van der Waals surface area contributed by atoms with Gasteiger partial charge in [-0.15, -0.1) is 0 Å². The lowest BCUT2D eigenvalue weighted by molar-refractivity contribution is -0.0426. The molecule has 3 heteroatoms. The van der Waals surface area contributed by atoms with Crippen LogP contribution in [0.5, 0.6) is 0 Å². The molecule has 0 radical (unpaired) electrons. The Bertz CT molecular complexity index is 698. The molecule has 1 spiro atoms. The van der Waals surface area contributed by atoms with Crippen LogP contribution in [0.1, 0.15) is 30.4 Å². The van der Waals surface area contributed by atoms with E-state index in [2.05, 4.69) is 71.1 Å². The van der Waals surface area contributed by atoms with Crippen molar-refractivity contribution in [3.05, 3.63) is 77.9 Å². The average Bonchev–Trinajstić information content (AvgIpc) is 2.95. The summed E-state index contributed by atoms with van der Waals surface area (Å²) in [6, 6.07) is 21.2. The Labute approximate surface area is 143 Å². The Hall–Kier alpha value is -2.10. The lowest BCUT2D eigenvalue weighted by atomic mass is 9.93.